The molecule has 1 N–H and O–H groups in total. The lowest BCUT2D eigenvalue weighted by molar-refractivity contribution is -0.119. The van der Waals surface area contributed by atoms with Crippen LogP contribution in [0.15, 0.2) is 0 Å². The van der Waals surface area contributed by atoms with Crippen molar-refractivity contribution in [2.24, 2.45) is 0 Å². The zero-order valence-electron chi connectivity index (χ0n) is 10.4. The summed E-state index contributed by atoms with van der Waals surface area (Å²) in [6.45, 7) is 8.30. The predicted molar refractivity (Wildman–Crippen MR) is 64.7 cm³/mol. The van der Waals surface area contributed by atoms with Crippen molar-refractivity contribution in [2.75, 3.05) is 12.4 Å². The summed E-state index contributed by atoms with van der Waals surface area (Å²) in [5.74, 6) is -0.0692. The second-order valence-electron chi connectivity index (χ2n) is 5.23. The van der Waals surface area contributed by atoms with Crippen molar-refractivity contribution in [3.05, 3.63) is 0 Å². The quantitative estimate of drug-likeness (QED) is 0.803. The van der Waals surface area contributed by atoms with E-state index in [0.717, 1.165) is 6.42 Å². The van der Waals surface area contributed by atoms with E-state index in [0.29, 0.717) is 6.61 Å². The molecule has 1 heterocycles. The molecule has 4 nitrogen and oxygen atoms in total. The normalized spacial score (nSPS) is 27.8. The highest BCUT2D eigenvalue weighted by molar-refractivity contribution is 7.86. The zero-order chi connectivity index (χ0) is 12.3. The Kier molecular flexibility index (Phi) is 4.50. The zero-order valence-corrected chi connectivity index (χ0v) is 11.2. The van der Waals surface area contributed by atoms with Gasteiger partial charge < -0.3 is 10.1 Å². The maximum atomic E-state index is 11.9. The van der Waals surface area contributed by atoms with Crippen molar-refractivity contribution in [1.29, 1.82) is 0 Å². The van der Waals surface area contributed by atoms with E-state index in [1.54, 1.807) is 0 Å². The molecule has 0 bridgehead atoms. The molecule has 0 unspecified atom stereocenters. The summed E-state index contributed by atoms with van der Waals surface area (Å²) in [6.07, 6.45) is 0.791. The average molecular weight is 247 g/mol. The van der Waals surface area contributed by atoms with Crippen LogP contribution < -0.4 is 5.32 Å². The SMILES string of the molecule is C[C@@H]1OCC[C@H]1[S@@](=O)CC(=O)NC(C)(C)C. The van der Waals surface area contributed by atoms with E-state index >= 15 is 0 Å². The van der Waals surface area contributed by atoms with Gasteiger partial charge in [0, 0.05) is 22.9 Å². The van der Waals surface area contributed by atoms with Gasteiger partial charge in [-0.2, -0.15) is 0 Å². The first-order valence-corrected chi connectivity index (χ1v) is 6.97. The fourth-order valence-electron chi connectivity index (χ4n) is 1.75. The van der Waals surface area contributed by atoms with Crippen LogP contribution in [-0.4, -0.2) is 39.4 Å². The molecule has 1 saturated heterocycles. The Bertz CT molecular complexity index is 285. The number of rotatable bonds is 3. The van der Waals surface area contributed by atoms with Crippen molar-refractivity contribution in [3.63, 3.8) is 0 Å². The van der Waals surface area contributed by atoms with Crippen molar-refractivity contribution < 1.29 is 13.7 Å². The van der Waals surface area contributed by atoms with Gasteiger partial charge in [0.05, 0.1) is 11.4 Å². The van der Waals surface area contributed by atoms with Gasteiger partial charge in [-0.3, -0.25) is 9.00 Å². The van der Waals surface area contributed by atoms with E-state index < -0.39 is 10.8 Å². The Balaban J connectivity index is 2.42. The van der Waals surface area contributed by atoms with E-state index in [1.165, 1.54) is 0 Å². The third-order valence-electron chi connectivity index (χ3n) is 2.43. The van der Waals surface area contributed by atoms with Crippen LogP contribution in [0.4, 0.5) is 0 Å². The predicted octanol–water partition coefficient (Wildman–Crippen LogP) is 0.827. The van der Waals surface area contributed by atoms with Gasteiger partial charge in [0.1, 0.15) is 5.75 Å². The second kappa shape index (κ2) is 5.27. The van der Waals surface area contributed by atoms with Crippen LogP contribution in [-0.2, 0) is 20.3 Å². The largest absolute Gasteiger partial charge is 0.377 e. The molecule has 1 rings (SSSR count). The molecule has 3 atom stereocenters. The van der Waals surface area contributed by atoms with Crippen molar-refractivity contribution >= 4 is 16.7 Å². The number of ether oxygens (including phenoxy) is 1. The summed E-state index contributed by atoms with van der Waals surface area (Å²) in [5.41, 5.74) is -0.265. The van der Waals surface area contributed by atoms with Gasteiger partial charge in [0.15, 0.2) is 0 Å². The minimum atomic E-state index is -1.13. The minimum absolute atomic E-state index is 0.00303. The molecule has 0 aliphatic carbocycles. The van der Waals surface area contributed by atoms with Gasteiger partial charge in [0.25, 0.3) is 0 Å². The van der Waals surface area contributed by atoms with E-state index in [-0.39, 0.29) is 28.6 Å². The molecule has 1 aliphatic rings. The van der Waals surface area contributed by atoms with E-state index in [9.17, 15) is 9.00 Å². The van der Waals surface area contributed by atoms with Crippen molar-refractivity contribution in [1.82, 2.24) is 5.32 Å². The first-order chi connectivity index (χ1) is 7.29. The van der Waals surface area contributed by atoms with E-state index in [1.807, 2.05) is 27.7 Å². The topological polar surface area (TPSA) is 55.4 Å². The lowest BCUT2D eigenvalue weighted by atomic mass is 10.1. The van der Waals surface area contributed by atoms with Crippen LogP contribution in [0.2, 0.25) is 0 Å². The van der Waals surface area contributed by atoms with E-state index in [4.69, 9.17) is 4.74 Å². The summed E-state index contributed by atoms with van der Waals surface area (Å²) >= 11 is 0. The third-order valence-corrected chi connectivity index (χ3v) is 4.27. The summed E-state index contributed by atoms with van der Waals surface area (Å²) in [7, 11) is -1.13. The molecule has 0 spiro atoms. The first kappa shape index (κ1) is 13.6. The second-order valence-corrected chi connectivity index (χ2v) is 6.88. The first-order valence-electron chi connectivity index (χ1n) is 5.59. The molecule has 0 aromatic rings. The highest BCUT2D eigenvalue weighted by Gasteiger charge is 2.31. The summed E-state index contributed by atoms with van der Waals surface area (Å²) in [4.78, 5) is 11.6. The van der Waals surface area contributed by atoms with Gasteiger partial charge in [-0.15, -0.1) is 0 Å². The lowest BCUT2D eigenvalue weighted by Crippen LogP contribution is -2.44. The molecule has 0 aromatic carbocycles. The van der Waals surface area contributed by atoms with Gasteiger partial charge in [0.2, 0.25) is 5.91 Å². The Morgan fingerprint density at radius 1 is 1.50 bits per heavy atom. The molecule has 0 aromatic heterocycles. The highest BCUT2D eigenvalue weighted by Crippen LogP contribution is 2.18. The summed E-state index contributed by atoms with van der Waals surface area (Å²) in [5, 5.41) is 2.82. The fraction of sp³-hybridized carbons (Fsp3) is 0.909. The smallest absolute Gasteiger partial charge is 0.233 e. The van der Waals surface area contributed by atoms with Crippen molar-refractivity contribution in [2.45, 2.75) is 51.0 Å². The molecule has 1 amide bonds. The molecule has 0 saturated carbocycles. The molecule has 16 heavy (non-hydrogen) atoms. The Hall–Kier alpha value is -0.420. The van der Waals surface area contributed by atoms with Gasteiger partial charge in [-0.1, -0.05) is 0 Å². The maximum Gasteiger partial charge on any atom is 0.233 e. The Morgan fingerprint density at radius 3 is 2.56 bits per heavy atom. The van der Waals surface area contributed by atoms with Gasteiger partial charge >= 0.3 is 0 Å². The van der Waals surface area contributed by atoms with Crippen LogP contribution in [0.5, 0.6) is 0 Å². The highest BCUT2D eigenvalue weighted by atomic mass is 32.2. The molecular formula is C11H21NO3S. The van der Waals surface area contributed by atoms with Crippen LogP contribution >= 0.6 is 0 Å². The molecule has 1 aliphatic heterocycles. The van der Waals surface area contributed by atoms with Crippen LogP contribution in [0.25, 0.3) is 0 Å². The molecule has 0 radical (unpaired) electrons. The summed E-state index contributed by atoms with van der Waals surface area (Å²) in [6, 6.07) is 0. The molecule has 1 fully saturated rings. The van der Waals surface area contributed by atoms with Crippen LogP contribution in [0, 0.1) is 0 Å². The van der Waals surface area contributed by atoms with Crippen molar-refractivity contribution in [3.8, 4) is 0 Å². The number of carbonyl (C=O) groups excluding carboxylic acids is 1. The number of carbonyl (C=O) groups is 1. The molecule has 5 heteroatoms. The number of hydrogen-bond donors (Lipinski definition) is 1. The Labute approximate surface area is 99.6 Å². The third kappa shape index (κ3) is 4.22. The van der Waals surface area contributed by atoms with Crippen LogP contribution in [0.3, 0.4) is 0 Å². The monoisotopic (exact) mass is 247 g/mol. The molecular weight excluding hydrogens is 226 g/mol. The Morgan fingerprint density at radius 2 is 2.12 bits per heavy atom. The number of nitrogens with one attached hydrogen (secondary N) is 1. The minimum Gasteiger partial charge on any atom is -0.377 e. The maximum absolute atomic E-state index is 11.9. The average Bonchev–Trinajstić information content (AvgIpc) is 2.47. The van der Waals surface area contributed by atoms with E-state index in [2.05, 4.69) is 5.32 Å². The standard InChI is InChI=1S/C11H21NO3S/c1-8-9(5-6-15-8)16(14)7-10(13)12-11(2,3)4/h8-9H,5-7H2,1-4H3,(H,12,13)/t8-,9+,16-/m0/s1. The molecule has 94 valence electrons. The van der Waals surface area contributed by atoms with Crippen LogP contribution in [0.1, 0.15) is 34.1 Å². The summed E-state index contributed by atoms with van der Waals surface area (Å²) < 4.78 is 17.3. The lowest BCUT2D eigenvalue weighted by Gasteiger charge is -2.21. The number of hydrogen-bond acceptors (Lipinski definition) is 3. The number of amides is 1. The van der Waals surface area contributed by atoms with Gasteiger partial charge in [-0.25, -0.2) is 0 Å². The van der Waals surface area contributed by atoms with Gasteiger partial charge in [-0.05, 0) is 34.1 Å². The fourth-order valence-corrected chi connectivity index (χ4v) is 3.16.